The zero-order chi connectivity index (χ0) is 20.5. The number of rotatable bonds is 4. The van der Waals surface area contributed by atoms with Gasteiger partial charge >= 0.3 is 0 Å². The molecule has 2 heterocycles. The predicted octanol–water partition coefficient (Wildman–Crippen LogP) is 3.81. The maximum atomic E-state index is 12.5. The summed E-state index contributed by atoms with van der Waals surface area (Å²) in [6, 6.07) is 15.9. The molecular weight excluding hydrogens is 390 g/mol. The van der Waals surface area contributed by atoms with E-state index in [1.807, 2.05) is 18.2 Å². The van der Waals surface area contributed by atoms with E-state index in [2.05, 4.69) is 10.3 Å². The molecule has 7 heteroatoms. The topological polar surface area (TPSA) is 79.4 Å². The van der Waals surface area contributed by atoms with E-state index in [1.54, 1.807) is 42.6 Å². The molecule has 0 saturated carbocycles. The number of nitrogens with zero attached hydrogens (tertiary/aromatic N) is 2. The molecule has 2 aromatic carbocycles. The average molecular weight is 406 g/mol. The van der Waals surface area contributed by atoms with Crippen LogP contribution >= 0.6 is 11.6 Å². The van der Waals surface area contributed by atoms with E-state index in [4.69, 9.17) is 11.6 Å². The van der Waals surface area contributed by atoms with Gasteiger partial charge in [0.2, 0.25) is 5.91 Å². The molecule has 3 amide bonds. The van der Waals surface area contributed by atoms with Crippen LogP contribution in [0.3, 0.4) is 0 Å². The number of benzene rings is 2. The van der Waals surface area contributed by atoms with Gasteiger partial charge in [0, 0.05) is 23.8 Å². The van der Waals surface area contributed by atoms with Crippen LogP contribution in [0.1, 0.15) is 26.3 Å². The Hall–Kier alpha value is -3.51. The summed E-state index contributed by atoms with van der Waals surface area (Å²) in [5.74, 6) is -0.662. The van der Waals surface area contributed by atoms with Crippen molar-refractivity contribution in [2.45, 2.75) is 6.42 Å². The molecule has 0 spiro atoms. The molecule has 0 aliphatic carbocycles. The Balaban J connectivity index is 1.48. The molecule has 0 fully saturated rings. The number of carbonyl (C=O) groups is 3. The van der Waals surface area contributed by atoms with Crippen LogP contribution in [0.25, 0.3) is 11.1 Å². The SMILES string of the molecule is CN1C(=O)c2cccc(CC(=O)Nc3ccc(-c4ccc(Cl)cc4)cn3)c2C1=O. The second kappa shape index (κ2) is 7.48. The third kappa shape index (κ3) is 3.62. The zero-order valence-corrected chi connectivity index (χ0v) is 16.2. The molecule has 144 valence electrons. The van der Waals surface area contributed by atoms with Gasteiger partial charge in [-0.1, -0.05) is 35.9 Å². The van der Waals surface area contributed by atoms with Crippen molar-refractivity contribution in [1.82, 2.24) is 9.88 Å². The van der Waals surface area contributed by atoms with Gasteiger partial charge in [-0.2, -0.15) is 0 Å². The van der Waals surface area contributed by atoms with Gasteiger partial charge in [-0.3, -0.25) is 19.3 Å². The van der Waals surface area contributed by atoms with Crippen molar-refractivity contribution >= 4 is 35.1 Å². The predicted molar refractivity (Wildman–Crippen MR) is 110 cm³/mol. The van der Waals surface area contributed by atoms with Crippen molar-refractivity contribution in [3.63, 3.8) is 0 Å². The first kappa shape index (κ1) is 18.8. The molecule has 0 saturated heterocycles. The third-order valence-corrected chi connectivity index (χ3v) is 5.02. The van der Waals surface area contributed by atoms with E-state index >= 15 is 0 Å². The van der Waals surface area contributed by atoms with E-state index in [0.29, 0.717) is 27.5 Å². The Morgan fingerprint density at radius 3 is 2.41 bits per heavy atom. The van der Waals surface area contributed by atoms with Crippen molar-refractivity contribution < 1.29 is 14.4 Å². The first-order valence-electron chi connectivity index (χ1n) is 8.90. The standard InChI is InChI=1S/C22H16ClN3O3/c1-26-21(28)17-4-2-3-14(20(17)22(26)29)11-19(27)25-18-10-7-15(12-24-18)13-5-8-16(23)9-6-13/h2-10,12H,11H2,1H3,(H,24,25,27). The van der Waals surface area contributed by atoms with Crippen LogP contribution in [0.2, 0.25) is 5.02 Å². The number of hydrogen-bond acceptors (Lipinski definition) is 4. The Morgan fingerprint density at radius 2 is 1.72 bits per heavy atom. The van der Waals surface area contributed by atoms with Gasteiger partial charge in [0.1, 0.15) is 5.82 Å². The normalized spacial score (nSPS) is 12.8. The van der Waals surface area contributed by atoms with Crippen LogP contribution in [-0.2, 0) is 11.2 Å². The van der Waals surface area contributed by atoms with Gasteiger partial charge in [-0.05, 0) is 41.5 Å². The number of pyridine rings is 1. The van der Waals surface area contributed by atoms with Crippen LogP contribution < -0.4 is 5.32 Å². The summed E-state index contributed by atoms with van der Waals surface area (Å²) in [7, 11) is 1.43. The van der Waals surface area contributed by atoms with Gasteiger partial charge in [0.15, 0.2) is 0 Å². The largest absolute Gasteiger partial charge is 0.310 e. The van der Waals surface area contributed by atoms with Crippen molar-refractivity contribution in [1.29, 1.82) is 0 Å². The second-order valence-electron chi connectivity index (χ2n) is 6.67. The van der Waals surface area contributed by atoms with Gasteiger partial charge in [-0.25, -0.2) is 4.98 Å². The van der Waals surface area contributed by atoms with Gasteiger partial charge < -0.3 is 5.32 Å². The first-order chi connectivity index (χ1) is 13.9. The summed E-state index contributed by atoms with van der Waals surface area (Å²) in [6.45, 7) is 0. The molecule has 0 unspecified atom stereocenters. The summed E-state index contributed by atoms with van der Waals surface area (Å²) >= 11 is 5.90. The van der Waals surface area contributed by atoms with E-state index in [-0.39, 0.29) is 24.1 Å². The number of fused-ring (bicyclic) bond motifs is 1. The zero-order valence-electron chi connectivity index (χ0n) is 15.5. The molecular formula is C22H16ClN3O3. The highest BCUT2D eigenvalue weighted by molar-refractivity contribution is 6.30. The summed E-state index contributed by atoms with van der Waals surface area (Å²) in [5.41, 5.74) is 2.99. The first-order valence-corrected chi connectivity index (χ1v) is 9.28. The third-order valence-electron chi connectivity index (χ3n) is 4.76. The van der Waals surface area contributed by atoms with Crippen LogP contribution in [0.5, 0.6) is 0 Å². The molecule has 0 bridgehead atoms. The van der Waals surface area contributed by atoms with E-state index in [1.165, 1.54) is 7.05 Å². The van der Waals surface area contributed by atoms with Crippen molar-refractivity contribution in [3.05, 3.63) is 82.5 Å². The lowest BCUT2D eigenvalue weighted by Gasteiger charge is -2.08. The molecule has 29 heavy (non-hydrogen) atoms. The number of carbonyl (C=O) groups excluding carboxylic acids is 3. The fraction of sp³-hybridized carbons (Fsp3) is 0.0909. The Labute approximate surface area is 172 Å². The summed E-state index contributed by atoms with van der Waals surface area (Å²) < 4.78 is 0. The Kier molecular flexibility index (Phi) is 4.86. The van der Waals surface area contributed by atoms with Crippen LogP contribution in [0.4, 0.5) is 5.82 Å². The van der Waals surface area contributed by atoms with E-state index in [0.717, 1.165) is 16.0 Å². The number of aromatic nitrogens is 1. The number of hydrogen-bond donors (Lipinski definition) is 1. The molecule has 1 aromatic heterocycles. The smallest absolute Gasteiger partial charge is 0.261 e. The van der Waals surface area contributed by atoms with Crippen LogP contribution in [0, 0.1) is 0 Å². The molecule has 3 aromatic rings. The highest BCUT2D eigenvalue weighted by atomic mass is 35.5. The second-order valence-corrected chi connectivity index (χ2v) is 7.11. The minimum absolute atomic E-state index is 0.0311. The lowest BCUT2D eigenvalue weighted by atomic mass is 10.00. The monoisotopic (exact) mass is 405 g/mol. The highest BCUT2D eigenvalue weighted by Crippen LogP contribution is 2.26. The minimum atomic E-state index is -0.390. The quantitative estimate of drug-likeness (QED) is 0.669. The van der Waals surface area contributed by atoms with E-state index in [9.17, 15) is 14.4 Å². The number of halogens is 1. The maximum Gasteiger partial charge on any atom is 0.261 e. The summed E-state index contributed by atoms with van der Waals surface area (Å²) in [6.07, 6.45) is 1.63. The fourth-order valence-electron chi connectivity index (χ4n) is 3.26. The van der Waals surface area contributed by atoms with Crippen molar-refractivity contribution in [3.8, 4) is 11.1 Å². The Bertz CT molecular complexity index is 1130. The molecule has 1 N–H and O–H groups in total. The number of anilines is 1. The van der Waals surface area contributed by atoms with Gasteiger partial charge in [-0.15, -0.1) is 0 Å². The lowest BCUT2D eigenvalue weighted by molar-refractivity contribution is -0.115. The van der Waals surface area contributed by atoms with Crippen LogP contribution in [-0.4, -0.2) is 34.7 Å². The molecule has 0 radical (unpaired) electrons. The molecule has 6 nitrogen and oxygen atoms in total. The molecule has 0 atom stereocenters. The Morgan fingerprint density at radius 1 is 1.00 bits per heavy atom. The average Bonchev–Trinajstić information content (AvgIpc) is 2.94. The van der Waals surface area contributed by atoms with Crippen molar-refractivity contribution in [2.24, 2.45) is 0 Å². The van der Waals surface area contributed by atoms with Gasteiger partial charge in [0.25, 0.3) is 11.8 Å². The van der Waals surface area contributed by atoms with Crippen molar-refractivity contribution in [2.75, 3.05) is 12.4 Å². The minimum Gasteiger partial charge on any atom is -0.310 e. The number of nitrogens with one attached hydrogen (secondary N) is 1. The van der Waals surface area contributed by atoms with Crippen LogP contribution in [0.15, 0.2) is 60.8 Å². The molecule has 1 aliphatic heterocycles. The van der Waals surface area contributed by atoms with E-state index < -0.39 is 0 Å². The highest BCUT2D eigenvalue weighted by Gasteiger charge is 2.34. The molecule has 4 rings (SSSR count). The maximum absolute atomic E-state index is 12.5. The number of amides is 3. The number of imide groups is 1. The molecule has 1 aliphatic rings. The lowest BCUT2D eigenvalue weighted by Crippen LogP contribution is -2.24. The fourth-order valence-corrected chi connectivity index (χ4v) is 3.39. The van der Waals surface area contributed by atoms with Gasteiger partial charge in [0.05, 0.1) is 17.5 Å². The summed E-state index contributed by atoms with van der Waals surface area (Å²) in [5, 5.41) is 3.38. The summed E-state index contributed by atoms with van der Waals surface area (Å²) in [4.78, 5) is 42.2.